The first-order chi connectivity index (χ1) is 9.79. The number of nitrogens with two attached hydrogens (primary N) is 1. The van der Waals surface area contributed by atoms with Crippen LogP contribution in [-0.4, -0.2) is 0 Å². The molecule has 2 aromatic carbocycles. The maximum atomic E-state index is 13.7. The number of nitrogen functional groups attached to an aromatic ring is 1. The van der Waals surface area contributed by atoms with Gasteiger partial charge in [-0.2, -0.15) is 4.36 Å². The summed E-state index contributed by atoms with van der Waals surface area (Å²) >= 11 is 10.2. The fourth-order valence-corrected chi connectivity index (χ4v) is 2.10. The van der Waals surface area contributed by atoms with Crippen LogP contribution in [-0.2, 0) is 12.4 Å². The third kappa shape index (κ3) is 2.44. The fraction of sp³-hybridized carbons (Fsp3) is 0. The van der Waals surface area contributed by atoms with Crippen molar-refractivity contribution < 1.29 is 22.0 Å². The van der Waals surface area contributed by atoms with Gasteiger partial charge < -0.3 is 5.73 Å². The Kier molecular flexibility index (Phi) is 4.11. The zero-order valence-electron chi connectivity index (χ0n) is 9.86. The molecule has 0 aliphatic rings. The lowest BCUT2D eigenvalue weighted by Gasteiger charge is -2.11. The molecule has 0 heterocycles. The van der Waals surface area contributed by atoms with Crippen LogP contribution in [0.3, 0.4) is 0 Å². The molecule has 110 valence electrons. The minimum Gasteiger partial charge on any atom is -0.397 e. The van der Waals surface area contributed by atoms with Gasteiger partial charge in [0, 0.05) is 18.0 Å². The number of anilines is 1. The highest BCUT2D eigenvalue weighted by molar-refractivity contribution is 7.47. The van der Waals surface area contributed by atoms with Crippen LogP contribution in [0.4, 0.5) is 33.3 Å². The summed E-state index contributed by atoms with van der Waals surface area (Å²) in [5.41, 5.74) is 3.82. The van der Waals surface area contributed by atoms with Crippen LogP contribution in [0.1, 0.15) is 0 Å². The molecule has 9 heteroatoms. The van der Waals surface area contributed by atoms with Crippen molar-refractivity contribution in [2.24, 2.45) is 4.36 Å². The van der Waals surface area contributed by atoms with Crippen LogP contribution in [0.2, 0.25) is 5.02 Å². The lowest BCUT2D eigenvalue weighted by Crippen LogP contribution is -2.04. The van der Waals surface area contributed by atoms with Crippen molar-refractivity contribution in [1.29, 1.82) is 0 Å². The Morgan fingerprint density at radius 1 is 0.905 bits per heavy atom. The number of nitrogens with zero attached hydrogens (tertiary/aromatic N) is 1. The molecule has 0 saturated heterocycles. The molecule has 0 unspecified atom stereocenters. The van der Waals surface area contributed by atoms with E-state index < -0.39 is 40.2 Å². The van der Waals surface area contributed by atoms with Gasteiger partial charge in [-0.25, -0.2) is 22.0 Å². The summed E-state index contributed by atoms with van der Waals surface area (Å²) in [6, 6.07) is 2.00. The van der Waals surface area contributed by atoms with Gasteiger partial charge in [0.05, 0.1) is 16.3 Å². The van der Waals surface area contributed by atoms with E-state index in [9.17, 15) is 22.0 Å². The topological polar surface area (TPSA) is 38.4 Å². The predicted molar refractivity (Wildman–Crippen MR) is 70.5 cm³/mol. The molecule has 0 bridgehead atoms. The Morgan fingerprint density at radius 2 is 1.38 bits per heavy atom. The highest BCUT2D eigenvalue weighted by atomic mass is 35.5. The van der Waals surface area contributed by atoms with E-state index in [0.29, 0.717) is 0 Å². The van der Waals surface area contributed by atoms with Gasteiger partial charge in [-0.1, -0.05) is 11.6 Å². The average Bonchev–Trinajstić information content (AvgIpc) is 2.46. The largest absolute Gasteiger partial charge is 0.397 e. The SMILES string of the molecule is Nc1cc(-c2c(F)c(F)c(F)c(F)c2F)c(Cl)cc1N=S. The first kappa shape index (κ1) is 15.6. The summed E-state index contributed by atoms with van der Waals surface area (Å²) in [6.07, 6.45) is 0. The summed E-state index contributed by atoms with van der Waals surface area (Å²) in [4.78, 5) is 0. The van der Waals surface area contributed by atoms with Crippen LogP contribution in [0.25, 0.3) is 11.1 Å². The van der Waals surface area contributed by atoms with Gasteiger partial charge in [0.1, 0.15) is 5.69 Å². The molecule has 2 aromatic rings. The zero-order valence-corrected chi connectivity index (χ0v) is 11.4. The van der Waals surface area contributed by atoms with Crippen molar-refractivity contribution in [1.82, 2.24) is 0 Å². The monoisotopic (exact) mass is 338 g/mol. The van der Waals surface area contributed by atoms with Crippen molar-refractivity contribution in [2.45, 2.75) is 0 Å². The van der Waals surface area contributed by atoms with Crippen LogP contribution in [0.15, 0.2) is 16.5 Å². The molecule has 21 heavy (non-hydrogen) atoms. The van der Waals surface area contributed by atoms with Gasteiger partial charge in [-0.3, -0.25) is 0 Å². The van der Waals surface area contributed by atoms with Crippen molar-refractivity contribution in [3.05, 3.63) is 46.2 Å². The Labute approximate surface area is 125 Å². The molecule has 2 nitrogen and oxygen atoms in total. The van der Waals surface area contributed by atoms with Gasteiger partial charge in [0.25, 0.3) is 0 Å². The normalized spacial score (nSPS) is 10.8. The Balaban J connectivity index is 2.86. The van der Waals surface area contributed by atoms with Crippen molar-refractivity contribution >= 4 is 35.4 Å². The second-order valence-corrected chi connectivity index (χ2v) is 4.52. The van der Waals surface area contributed by atoms with Crippen LogP contribution in [0.5, 0.6) is 0 Å². The third-order valence-electron chi connectivity index (χ3n) is 2.69. The number of hydrogen-bond donors (Lipinski definition) is 1. The number of hydrogen-bond acceptors (Lipinski definition) is 3. The summed E-state index contributed by atoms with van der Waals surface area (Å²) in [7, 11) is 0. The van der Waals surface area contributed by atoms with E-state index in [2.05, 4.69) is 16.8 Å². The van der Waals surface area contributed by atoms with E-state index in [-0.39, 0.29) is 16.4 Å². The Morgan fingerprint density at radius 3 is 1.86 bits per heavy atom. The minimum atomic E-state index is -2.25. The average molecular weight is 339 g/mol. The first-order valence-electron chi connectivity index (χ1n) is 5.23. The molecular weight excluding hydrogens is 335 g/mol. The lowest BCUT2D eigenvalue weighted by molar-refractivity contribution is 0.381. The molecule has 0 atom stereocenters. The molecule has 0 aliphatic heterocycles. The van der Waals surface area contributed by atoms with Crippen molar-refractivity contribution in [3.8, 4) is 11.1 Å². The standard InChI is InChI=1S/C12H4ClF5N2S/c13-4-2-6(20-21)5(19)1-3(4)7-8(14)10(16)12(18)11(17)9(7)15/h1-2H,19H2. The zero-order chi connectivity index (χ0) is 15.9. The van der Waals surface area contributed by atoms with E-state index in [0.717, 1.165) is 12.1 Å². The molecule has 0 fully saturated rings. The number of benzene rings is 2. The molecule has 0 aliphatic carbocycles. The van der Waals surface area contributed by atoms with E-state index >= 15 is 0 Å². The van der Waals surface area contributed by atoms with E-state index in [1.807, 2.05) is 0 Å². The molecule has 2 N–H and O–H groups in total. The fourth-order valence-electron chi connectivity index (χ4n) is 1.69. The number of rotatable bonds is 2. The Bertz CT molecular complexity index is 737. The summed E-state index contributed by atoms with van der Waals surface area (Å²) < 4.78 is 70.2. The van der Waals surface area contributed by atoms with E-state index in [1.54, 1.807) is 0 Å². The summed E-state index contributed by atoms with van der Waals surface area (Å²) in [5, 5.41) is -0.309. The molecule has 0 spiro atoms. The third-order valence-corrected chi connectivity index (χ3v) is 3.20. The van der Waals surface area contributed by atoms with Crippen molar-refractivity contribution in [3.63, 3.8) is 0 Å². The molecule has 0 amide bonds. The summed E-state index contributed by atoms with van der Waals surface area (Å²) in [5.74, 6) is -10.4. The van der Waals surface area contributed by atoms with E-state index in [4.69, 9.17) is 17.3 Å². The maximum Gasteiger partial charge on any atom is 0.200 e. The second-order valence-electron chi connectivity index (χ2n) is 3.93. The molecule has 0 saturated carbocycles. The van der Waals surface area contributed by atoms with Gasteiger partial charge in [0.15, 0.2) is 23.3 Å². The molecular formula is C12H4ClF5N2S. The first-order valence-corrected chi connectivity index (χ1v) is 5.98. The lowest BCUT2D eigenvalue weighted by atomic mass is 10.0. The van der Waals surface area contributed by atoms with Crippen LogP contribution < -0.4 is 5.73 Å². The van der Waals surface area contributed by atoms with Crippen molar-refractivity contribution in [2.75, 3.05) is 5.73 Å². The quantitative estimate of drug-likeness (QED) is 0.375. The highest BCUT2D eigenvalue weighted by Crippen LogP contribution is 2.39. The molecule has 2 rings (SSSR count). The maximum absolute atomic E-state index is 13.7. The summed E-state index contributed by atoms with van der Waals surface area (Å²) in [6.45, 7) is 0. The number of halogens is 6. The molecule has 0 aromatic heterocycles. The van der Waals surface area contributed by atoms with Crippen LogP contribution in [0, 0.1) is 29.1 Å². The minimum absolute atomic E-state index is 0.0441. The van der Waals surface area contributed by atoms with Crippen LogP contribution >= 0.6 is 11.6 Å². The van der Waals surface area contributed by atoms with Gasteiger partial charge in [-0.15, -0.1) is 0 Å². The predicted octanol–water partition coefficient (Wildman–Crippen LogP) is 4.65. The van der Waals surface area contributed by atoms with Gasteiger partial charge >= 0.3 is 0 Å². The molecule has 0 radical (unpaired) electrons. The van der Waals surface area contributed by atoms with Gasteiger partial charge in [0.2, 0.25) is 5.82 Å². The van der Waals surface area contributed by atoms with E-state index in [1.165, 1.54) is 0 Å². The highest BCUT2D eigenvalue weighted by Gasteiger charge is 2.28. The second kappa shape index (κ2) is 5.53. The Hall–Kier alpha value is -1.80. The smallest absolute Gasteiger partial charge is 0.200 e. The van der Waals surface area contributed by atoms with Gasteiger partial charge in [-0.05, 0) is 12.1 Å².